The minimum Gasteiger partial charge on any atom is -0.487 e. The number of amides is 1. The van der Waals surface area contributed by atoms with E-state index in [-0.39, 0.29) is 11.5 Å². The van der Waals surface area contributed by atoms with Crippen molar-refractivity contribution in [2.75, 3.05) is 16.0 Å². The topological polar surface area (TPSA) is 74.4 Å². The zero-order valence-corrected chi connectivity index (χ0v) is 21.7. The Bertz CT molecular complexity index is 1280. The minimum absolute atomic E-state index is 0.317. The van der Waals surface area contributed by atoms with Crippen molar-refractivity contribution < 1.29 is 9.53 Å². The lowest BCUT2D eigenvalue weighted by molar-refractivity contribution is -0.123. The van der Waals surface area contributed by atoms with Crippen molar-refractivity contribution in [3.63, 3.8) is 0 Å². The minimum atomic E-state index is -1.43. The van der Waals surface area contributed by atoms with E-state index in [1.54, 1.807) is 18.2 Å². The molecule has 176 valence electrons. The molecule has 0 bridgehead atoms. The number of anilines is 3. The van der Waals surface area contributed by atoms with Gasteiger partial charge in [0.1, 0.15) is 11.4 Å². The van der Waals surface area contributed by atoms with Crippen molar-refractivity contribution in [3.05, 3.63) is 80.2 Å². The van der Waals surface area contributed by atoms with Crippen LogP contribution in [0.1, 0.15) is 25.0 Å². The predicted octanol–water partition coefficient (Wildman–Crippen LogP) is 6.39. The second-order valence-electron chi connectivity index (χ2n) is 9.00. The van der Waals surface area contributed by atoms with Gasteiger partial charge in [0.05, 0.1) is 27.1 Å². The third-order valence-electron chi connectivity index (χ3n) is 5.91. The molecule has 3 aromatic rings. The van der Waals surface area contributed by atoms with Gasteiger partial charge in [0.15, 0.2) is 0 Å². The van der Waals surface area contributed by atoms with Gasteiger partial charge in [-0.05, 0) is 49.7 Å². The number of ether oxygens (including phenoxy) is 1. The molecule has 0 spiro atoms. The van der Waals surface area contributed by atoms with Crippen LogP contribution in [0.2, 0.25) is 10.0 Å². The van der Waals surface area contributed by atoms with Crippen LogP contribution < -0.4 is 26.0 Å². The van der Waals surface area contributed by atoms with Crippen LogP contribution in [0.15, 0.2) is 59.1 Å². The second kappa shape index (κ2) is 8.56. The molecule has 5 rings (SSSR count). The number of para-hydroxylation sites is 1. The van der Waals surface area contributed by atoms with E-state index >= 15 is 0 Å². The standard InChI is InChI=1S/C25H23BrCl2N4O2/c1-24(2)12-15-20(34-24)11-10-19-21(15)31-25(30-19,32-22-17(27)8-5-9-18(22)28)23(33)29-13-14-6-3-4-7-16(14)26/h3-11,30-32H,12-13H2,1-2H3,(H,29,33). The first kappa shape index (κ1) is 23.1. The highest BCUT2D eigenvalue weighted by Crippen LogP contribution is 2.47. The summed E-state index contributed by atoms with van der Waals surface area (Å²) < 4.78 is 7.00. The Kier molecular flexibility index (Phi) is 5.82. The number of fused-ring (bicyclic) bond motifs is 3. The first-order valence-corrected chi connectivity index (χ1v) is 12.4. The Hall–Kier alpha value is -2.61. The molecular formula is C25H23BrCl2N4O2. The smallest absolute Gasteiger partial charge is 0.288 e. The molecule has 1 unspecified atom stereocenters. The highest BCUT2D eigenvalue weighted by Gasteiger charge is 2.47. The lowest BCUT2D eigenvalue weighted by Gasteiger charge is -2.32. The molecule has 1 atom stereocenters. The Morgan fingerprint density at radius 2 is 1.79 bits per heavy atom. The summed E-state index contributed by atoms with van der Waals surface area (Å²) in [6.07, 6.45) is 0.710. The predicted molar refractivity (Wildman–Crippen MR) is 141 cm³/mol. The van der Waals surface area contributed by atoms with E-state index < -0.39 is 5.79 Å². The van der Waals surface area contributed by atoms with Gasteiger partial charge in [-0.15, -0.1) is 0 Å². The maximum absolute atomic E-state index is 13.7. The molecule has 0 saturated heterocycles. The summed E-state index contributed by atoms with van der Waals surface area (Å²) in [4.78, 5) is 13.7. The quantitative estimate of drug-likeness (QED) is 0.290. The molecule has 0 saturated carbocycles. The summed E-state index contributed by atoms with van der Waals surface area (Å²) in [5, 5.41) is 13.8. The summed E-state index contributed by atoms with van der Waals surface area (Å²) in [5.74, 6) is -0.944. The highest BCUT2D eigenvalue weighted by molar-refractivity contribution is 9.10. The van der Waals surface area contributed by atoms with E-state index in [9.17, 15) is 4.79 Å². The third kappa shape index (κ3) is 4.17. The van der Waals surface area contributed by atoms with E-state index in [2.05, 4.69) is 37.2 Å². The summed E-state index contributed by atoms with van der Waals surface area (Å²) in [5.41, 5.74) is 3.69. The average molecular weight is 562 g/mol. The van der Waals surface area contributed by atoms with E-state index in [1.165, 1.54) is 0 Å². The Morgan fingerprint density at radius 1 is 1.06 bits per heavy atom. The second-order valence-corrected chi connectivity index (χ2v) is 10.7. The number of hydrogen-bond donors (Lipinski definition) is 4. The van der Waals surface area contributed by atoms with Crippen molar-refractivity contribution in [2.24, 2.45) is 0 Å². The van der Waals surface area contributed by atoms with Gasteiger partial charge in [-0.1, -0.05) is 63.4 Å². The van der Waals surface area contributed by atoms with Crippen LogP contribution in [0.4, 0.5) is 17.1 Å². The Morgan fingerprint density at radius 3 is 2.53 bits per heavy atom. The molecule has 4 N–H and O–H groups in total. The van der Waals surface area contributed by atoms with Gasteiger partial charge in [-0.3, -0.25) is 4.79 Å². The molecule has 1 amide bonds. The monoisotopic (exact) mass is 560 g/mol. The maximum atomic E-state index is 13.7. The molecular weight excluding hydrogens is 539 g/mol. The van der Waals surface area contributed by atoms with Gasteiger partial charge in [0.2, 0.25) is 0 Å². The van der Waals surface area contributed by atoms with Gasteiger partial charge in [0.25, 0.3) is 11.7 Å². The van der Waals surface area contributed by atoms with Gasteiger partial charge >= 0.3 is 0 Å². The zero-order valence-electron chi connectivity index (χ0n) is 18.6. The zero-order chi connectivity index (χ0) is 24.1. The molecule has 34 heavy (non-hydrogen) atoms. The van der Waals surface area contributed by atoms with Gasteiger partial charge in [0, 0.05) is 23.0 Å². The van der Waals surface area contributed by atoms with Gasteiger partial charge in [-0.2, -0.15) is 0 Å². The third-order valence-corrected chi connectivity index (χ3v) is 7.31. The lowest BCUT2D eigenvalue weighted by Crippen LogP contribution is -2.61. The molecule has 6 nitrogen and oxygen atoms in total. The summed E-state index contributed by atoms with van der Waals surface area (Å²) in [7, 11) is 0. The number of carbonyl (C=O) groups is 1. The molecule has 0 radical (unpaired) electrons. The lowest BCUT2D eigenvalue weighted by atomic mass is 10.00. The van der Waals surface area contributed by atoms with Crippen molar-refractivity contribution in [2.45, 2.75) is 38.2 Å². The maximum Gasteiger partial charge on any atom is 0.288 e. The van der Waals surface area contributed by atoms with Crippen LogP contribution in [-0.4, -0.2) is 17.3 Å². The van der Waals surface area contributed by atoms with Gasteiger partial charge < -0.3 is 26.0 Å². The van der Waals surface area contributed by atoms with Crippen LogP contribution in [-0.2, 0) is 17.8 Å². The normalized spacial score (nSPS) is 19.3. The first-order valence-electron chi connectivity index (χ1n) is 10.8. The van der Waals surface area contributed by atoms with Crippen LogP contribution in [0.5, 0.6) is 5.75 Å². The molecule has 0 aliphatic carbocycles. The summed E-state index contributed by atoms with van der Waals surface area (Å²) >= 11 is 16.4. The molecule has 2 aliphatic rings. The van der Waals surface area contributed by atoms with Crippen molar-refractivity contribution in [1.29, 1.82) is 0 Å². The molecule has 3 aromatic carbocycles. The number of rotatable bonds is 5. The fraction of sp³-hybridized carbons (Fsp3) is 0.240. The van der Waals surface area contributed by atoms with Crippen molar-refractivity contribution >= 4 is 62.1 Å². The molecule has 9 heteroatoms. The molecule has 0 aromatic heterocycles. The number of halogens is 3. The largest absolute Gasteiger partial charge is 0.487 e. The van der Waals surface area contributed by atoms with Crippen molar-refractivity contribution in [1.82, 2.24) is 5.32 Å². The fourth-order valence-electron chi connectivity index (χ4n) is 4.31. The number of benzene rings is 3. The average Bonchev–Trinajstić information content (AvgIpc) is 3.32. The number of hydrogen-bond acceptors (Lipinski definition) is 5. The summed E-state index contributed by atoms with van der Waals surface area (Å²) in [6, 6.07) is 16.8. The SMILES string of the molecule is CC1(C)Cc2c(ccc3c2NC(Nc2c(Cl)cccc2Cl)(C(=O)NCc2ccccc2Br)N3)O1. The Labute approximate surface area is 216 Å². The summed E-state index contributed by atoms with van der Waals surface area (Å²) in [6.45, 7) is 4.41. The molecule has 0 fully saturated rings. The van der Waals surface area contributed by atoms with E-state index in [0.717, 1.165) is 32.7 Å². The highest BCUT2D eigenvalue weighted by atomic mass is 79.9. The van der Waals surface area contributed by atoms with E-state index in [4.69, 9.17) is 27.9 Å². The van der Waals surface area contributed by atoms with E-state index in [0.29, 0.717) is 28.7 Å². The first-order chi connectivity index (χ1) is 16.2. The van der Waals surface area contributed by atoms with Crippen LogP contribution >= 0.6 is 39.1 Å². The van der Waals surface area contributed by atoms with Crippen LogP contribution in [0.25, 0.3) is 0 Å². The Balaban J connectivity index is 1.51. The number of nitrogens with one attached hydrogen (secondary N) is 4. The number of carbonyl (C=O) groups excluding carboxylic acids is 1. The molecule has 2 heterocycles. The fourth-order valence-corrected chi connectivity index (χ4v) is 5.23. The van der Waals surface area contributed by atoms with Crippen LogP contribution in [0, 0.1) is 0 Å². The van der Waals surface area contributed by atoms with E-state index in [1.807, 2.05) is 50.2 Å². The molecule has 2 aliphatic heterocycles. The van der Waals surface area contributed by atoms with Gasteiger partial charge in [-0.25, -0.2) is 0 Å². The van der Waals surface area contributed by atoms with Crippen molar-refractivity contribution in [3.8, 4) is 5.75 Å². The van der Waals surface area contributed by atoms with Crippen LogP contribution in [0.3, 0.4) is 0 Å².